The maximum absolute atomic E-state index is 13.3. The zero-order chi connectivity index (χ0) is 19.6. The Kier molecular flexibility index (Phi) is 7.73. The molecule has 2 rings (SSSR count). The topological polar surface area (TPSA) is 69.6 Å². The van der Waals surface area contributed by atoms with Gasteiger partial charge in [0.15, 0.2) is 5.96 Å². The van der Waals surface area contributed by atoms with Crippen molar-refractivity contribution in [2.24, 2.45) is 4.99 Å². The Morgan fingerprint density at radius 1 is 1.30 bits per heavy atom. The number of halogens is 1. The highest BCUT2D eigenvalue weighted by molar-refractivity contribution is 5.90. The third kappa shape index (κ3) is 7.05. The molecule has 0 atom stereocenters. The van der Waals surface area contributed by atoms with Gasteiger partial charge in [0.25, 0.3) is 0 Å². The molecule has 1 aromatic carbocycles. The largest absolute Gasteiger partial charge is 0.357 e. The summed E-state index contributed by atoms with van der Waals surface area (Å²) in [6.07, 6.45) is 1.96. The quantitative estimate of drug-likeness (QED) is 0.580. The van der Waals surface area contributed by atoms with E-state index >= 15 is 0 Å². The van der Waals surface area contributed by atoms with Gasteiger partial charge in [-0.05, 0) is 43.2 Å². The average molecular weight is 371 g/mol. The van der Waals surface area contributed by atoms with Crippen molar-refractivity contribution in [3.05, 3.63) is 59.5 Å². The lowest BCUT2D eigenvalue weighted by molar-refractivity contribution is -0.116. The molecule has 2 aromatic rings. The van der Waals surface area contributed by atoms with Crippen LogP contribution in [0.3, 0.4) is 0 Å². The maximum Gasteiger partial charge on any atom is 0.227 e. The van der Waals surface area contributed by atoms with E-state index in [1.54, 1.807) is 18.3 Å². The molecule has 0 saturated heterocycles. The van der Waals surface area contributed by atoms with Crippen LogP contribution in [0.5, 0.6) is 0 Å². The van der Waals surface area contributed by atoms with Crippen molar-refractivity contribution in [1.82, 2.24) is 15.2 Å². The molecule has 0 aliphatic rings. The number of aliphatic imine (C=N–C) groups is 1. The fraction of sp³-hybridized carbons (Fsp3) is 0.350. The lowest BCUT2D eigenvalue weighted by Crippen LogP contribution is -2.38. The van der Waals surface area contributed by atoms with Crippen LogP contribution >= 0.6 is 0 Å². The van der Waals surface area contributed by atoms with E-state index in [1.807, 2.05) is 37.9 Å². The molecule has 27 heavy (non-hydrogen) atoms. The summed E-state index contributed by atoms with van der Waals surface area (Å²) in [5, 5.41) is 5.94. The van der Waals surface area contributed by atoms with Crippen LogP contribution in [0.1, 0.15) is 24.5 Å². The molecule has 0 aliphatic heterocycles. The van der Waals surface area contributed by atoms with Crippen molar-refractivity contribution in [2.75, 3.05) is 25.5 Å². The Morgan fingerprint density at radius 2 is 2.11 bits per heavy atom. The van der Waals surface area contributed by atoms with E-state index in [-0.39, 0.29) is 18.1 Å². The minimum absolute atomic E-state index is 0.140. The minimum Gasteiger partial charge on any atom is -0.357 e. The molecule has 0 spiro atoms. The molecule has 0 radical (unpaired) electrons. The summed E-state index contributed by atoms with van der Waals surface area (Å²) >= 11 is 0. The van der Waals surface area contributed by atoms with Gasteiger partial charge in [-0.15, -0.1) is 0 Å². The summed E-state index contributed by atoms with van der Waals surface area (Å²) in [5.41, 5.74) is 1.89. The number of pyridine rings is 1. The van der Waals surface area contributed by atoms with Crippen molar-refractivity contribution in [3.63, 3.8) is 0 Å². The van der Waals surface area contributed by atoms with Gasteiger partial charge in [-0.3, -0.25) is 9.79 Å². The molecule has 2 N–H and O–H groups in total. The van der Waals surface area contributed by atoms with Crippen LogP contribution in [0, 0.1) is 12.7 Å². The number of aromatic nitrogens is 1. The summed E-state index contributed by atoms with van der Waals surface area (Å²) in [5.74, 6) is 0.802. The molecule has 0 saturated carbocycles. The molecule has 0 fully saturated rings. The Bertz CT molecular complexity index is 776. The molecule has 1 aromatic heterocycles. The first-order valence-corrected chi connectivity index (χ1v) is 8.94. The van der Waals surface area contributed by atoms with Crippen molar-refractivity contribution in [2.45, 2.75) is 26.8 Å². The maximum atomic E-state index is 13.3. The van der Waals surface area contributed by atoms with Gasteiger partial charge in [-0.1, -0.05) is 18.2 Å². The number of benzene rings is 1. The van der Waals surface area contributed by atoms with Crippen LogP contribution in [0.4, 0.5) is 10.2 Å². The molecule has 6 nitrogen and oxygen atoms in total. The normalized spacial score (nSPS) is 11.2. The van der Waals surface area contributed by atoms with E-state index in [9.17, 15) is 9.18 Å². The van der Waals surface area contributed by atoms with E-state index in [0.29, 0.717) is 31.4 Å². The Balaban J connectivity index is 1.89. The van der Waals surface area contributed by atoms with Gasteiger partial charge in [0.05, 0.1) is 6.54 Å². The predicted molar refractivity (Wildman–Crippen MR) is 106 cm³/mol. The molecular formula is C20H26FN5O. The highest BCUT2D eigenvalue weighted by Crippen LogP contribution is 2.07. The summed E-state index contributed by atoms with van der Waals surface area (Å²) in [7, 11) is 1.88. The van der Waals surface area contributed by atoms with E-state index in [0.717, 1.165) is 11.1 Å². The summed E-state index contributed by atoms with van der Waals surface area (Å²) in [4.78, 5) is 22.6. The van der Waals surface area contributed by atoms with Crippen molar-refractivity contribution >= 4 is 17.7 Å². The summed E-state index contributed by atoms with van der Waals surface area (Å²) in [6, 6.07) is 10.1. The van der Waals surface area contributed by atoms with Crippen LogP contribution in [0.25, 0.3) is 0 Å². The molecule has 144 valence electrons. The number of aryl methyl sites for hydroxylation is 1. The summed E-state index contributed by atoms with van der Waals surface area (Å²) in [6.45, 7) is 5.47. The van der Waals surface area contributed by atoms with Crippen LogP contribution in [0.2, 0.25) is 0 Å². The van der Waals surface area contributed by atoms with E-state index in [4.69, 9.17) is 0 Å². The molecule has 0 unspecified atom stereocenters. The first-order chi connectivity index (χ1) is 13.0. The average Bonchev–Trinajstić information content (AvgIpc) is 2.63. The van der Waals surface area contributed by atoms with Gasteiger partial charge in [0.2, 0.25) is 5.91 Å². The Hall–Kier alpha value is -2.96. The van der Waals surface area contributed by atoms with Crippen LogP contribution in [-0.2, 0) is 11.3 Å². The van der Waals surface area contributed by atoms with E-state index in [1.165, 1.54) is 12.1 Å². The van der Waals surface area contributed by atoms with Crippen molar-refractivity contribution in [3.8, 4) is 0 Å². The zero-order valence-electron chi connectivity index (χ0n) is 16.0. The van der Waals surface area contributed by atoms with Gasteiger partial charge < -0.3 is 15.5 Å². The monoisotopic (exact) mass is 371 g/mol. The van der Waals surface area contributed by atoms with Crippen LogP contribution in [0.15, 0.2) is 47.6 Å². The number of hydrogen-bond acceptors (Lipinski definition) is 3. The number of carbonyl (C=O) groups excluding carboxylic acids is 1. The molecule has 0 bridgehead atoms. The second-order valence-corrected chi connectivity index (χ2v) is 6.24. The number of anilines is 1. The van der Waals surface area contributed by atoms with Gasteiger partial charge in [-0.25, -0.2) is 9.37 Å². The van der Waals surface area contributed by atoms with E-state index < -0.39 is 0 Å². The van der Waals surface area contributed by atoms with Gasteiger partial charge in [-0.2, -0.15) is 0 Å². The lowest BCUT2D eigenvalue weighted by atomic mass is 10.2. The number of carbonyl (C=O) groups is 1. The molecule has 0 aliphatic carbocycles. The van der Waals surface area contributed by atoms with Gasteiger partial charge in [0, 0.05) is 32.8 Å². The number of nitrogens with one attached hydrogen (secondary N) is 2. The number of nitrogens with zero attached hydrogens (tertiary/aromatic N) is 3. The van der Waals surface area contributed by atoms with E-state index in [2.05, 4.69) is 20.6 Å². The lowest BCUT2D eigenvalue weighted by Gasteiger charge is -2.22. The molecule has 1 heterocycles. The minimum atomic E-state index is -0.260. The first kappa shape index (κ1) is 20.4. The second-order valence-electron chi connectivity index (χ2n) is 6.24. The highest BCUT2D eigenvalue weighted by atomic mass is 19.1. The SMILES string of the molecule is CCNC(=NCCC(=O)Nc1ccc(C)cn1)N(C)Cc1cccc(F)c1. The fourth-order valence-electron chi connectivity index (χ4n) is 2.46. The first-order valence-electron chi connectivity index (χ1n) is 8.94. The second kappa shape index (κ2) is 10.3. The highest BCUT2D eigenvalue weighted by Gasteiger charge is 2.08. The van der Waals surface area contributed by atoms with Gasteiger partial charge in [0.1, 0.15) is 11.6 Å². The molecular weight excluding hydrogens is 345 g/mol. The fourth-order valence-corrected chi connectivity index (χ4v) is 2.46. The number of amides is 1. The van der Waals surface area contributed by atoms with Crippen LogP contribution in [-0.4, -0.2) is 41.9 Å². The number of guanidine groups is 1. The Labute approximate surface area is 159 Å². The smallest absolute Gasteiger partial charge is 0.227 e. The van der Waals surface area contributed by atoms with Crippen molar-refractivity contribution < 1.29 is 9.18 Å². The summed E-state index contributed by atoms with van der Waals surface area (Å²) < 4.78 is 13.3. The zero-order valence-corrected chi connectivity index (χ0v) is 16.0. The van der Waals surface area contributed by atoms with Crippen LogP contribution < -0.4 is 10.6 Å². The third-order valence-corrected chi connectivity index (χ3v) is 3.78. The number of rotatable bonds is 7. The number of hydrogen-bond donors (Lipinski definition) is 2. The van der Waals surface area contributed by atoms with Crippen molar-refractivity contribution in [1.29, 1.82) is 0 Å². The predicted octanol–water partition coefficient (Wildman–Crippen LogP) is 2.96. The van der Waals surface area contributed by atoms with Gasteiger partial charge >= 0.3 is 0 Å². The standard InChI is InChI=1S/C20H26FN5O/c1-4-22-20(26(3)14-16-6-5-7-17(21)12-16)23-11-10-19(27)25-18-9-8-15(2)13-24-18/h5-9,12-13H,4,10-11,14H2,1-3H3,(H,22,23)(H,24,25,27). The third-order valence-electron chi connectivity index (χ3n) is 3.78. The Morgan fingerprint density at radius 3 is 2.78 bits per heavy atom. The molecule has 7 heteroatoms. The molecule has 1 amide bonds.